The van der Waals surface area contributed by atoms with Gasteiger partial charge in [-0.15, -0.1) is 0 Å². The highest BCUT2D eigenvalue weighted by Gasteiger charge is 2.13. The van der Waals surface area contributed by atoms with Crippen molar-refractivity contribution in [1.29, 1.82) is 0 Å². The lowest BCUT2D eigenvalue weighted by Crippen LogP contribution is -2.23. The number of hydrogen-bond donors (Lipinski definition) is 2. The predicted molar refractivity (Wildman–Crippen MR) is 90.3 cm³/mol. The van der Waals surface area contributed by atoms with E-state index in [0.29, 0.717) is 13.0 Å². The van der Waals surface area contributed by atoms with E-state index < -0.39 is 6.09 Å². The monoisotopic (exact) mass is 297 g/mol. The van der Waals surface area contributed by atoms with E-state index in [1.54, 1.807) is 0 Å². The van der Waals surface area contributed by atoms with Crippen molar-refractivity contribution < 1.29 is 9.90 Å². The van der Waals surface area contributed by atoms with Crippen molar-refractivity contribution in [2.24, 2.45) is 0 Å². The van der Waals surface area contributed by atoms with Crippen LogP contribution in [0.5, 0.6) is 0 Å². The molecule has 3 nitrogen and oxygen atoms in total. The lowest BCUT2D eigenvalue weighted by Gasteiger charge is -2.19. The molecule has 0 aliphatic carbocycles. The average Bonchev–Trinajstić information content (AvgIpc) is 2.46. The zero-order chi connectivity index (χ0) is 16.2. The van der Waals surface area contributed by atoms with Gasteiger partial charge in [-0.3, -0.25) is 0 Å². The molecule has 0 bridgehead atoms. The van der Waals surface area contributed by atoms with E-state index in [1.165, 1.54) is 11.1 Å². The minimum Gasteiger partial charge on any atom is -0.465 e. The Morgan fingerprint density at radius 1 is 1.05 bits per heavy atom. The molecule has 0 heterocycles. The second-order valence-corrected chi connectivity index (χ2v) is 6.51. The van der Waals surface area contributed by atoms with Gasteiger partial charge >= 0.3 is 6.09 Å². The van der Waals surface area contributed by atoms with E-state index in [1.807, 2.05) is 12.1 Å². The third-order valence-electron chi connectivity index (χ3n) is 3.70. The van der Waals surface area contributed by atoms with Crippen LogP contribution in [0.4, 0.5) is 4.79 Å². The Morgan fingerprint density at radius 3 is 2.32 bits per heavy atom. The Balaban J connectivity index is 2.13. The Hall–Kier alpha value is -2.29. The zero-order valence-electron chi connectivity index (χ0n) is 13.4. The van der Waals surface area contributed by atoms with Gasteiger partial charge in [-0.05, 0) is 34.1 Å². The number of carboxylic acid groups (broad SMARTS) is 1. The summed E-state index contributed by atoms with van der Waals surface area (Å²) in [4.78, 5) is 10.5. The Bertz CT molecular complexity index is 639. The second kappa shape index (κ2) is 6.65. The summed E-state index contributed by atoms with van der Waals surface area (Å²) in [6.45, 7) is 7.05. The molecule has 0 saturated heterocycles. The highest BCUT2D eigenvalue weighted by Crippen LogP contribution is 2.26. The highest BCUT2D eigenvalue weighted by atomic mass is 16.4. The first-order valence-corrected chi connectivity index (χ1v) is 7.53. The van der Waals surface area contributed by atoms with Crippen LogP contribution in [0.2, 0.25) is 0 Å². The van der Waals surface area contributed by atoms with Gasteiger partial charge in [0.2, 0.25) is 0 Å². The first-order valence-electron chi connectivity index (χ1n) is 7.53. The van der Waals surface area contributed by atoms with Crippen LogP contribution in [-0.4, -0.2) is 17.7 Å². The first-order chi connectivity index (χ1) is 10.4. The van der Waals surface area contributed by atoms with Crippen molar-refractivity contribution in [2.75, 3.05) is 6.54 Å². The van der Waals surface area contributed by atoms with Crippen LogP contribution in [0.3, 0.4) is 0 Å². The van der Waals surface area contributed by atoms with E-state index >= 15 is 0 Å². The summed E-state index contributed by atoms with van der Waals surface area (Å²) >= 11 is 0. The molecular weight excluding hydrogens is 274 g/mol. The topological polar surface area (TPSA) is 49.3 Å². The zero-order valence-corrected chi connectivity index (χ0v) is 13.4. The summed E-state index contributed by atoms with van der Waals surface area (Å²) in [6, 6.07) is 16.9. The molecule has 0 spiro atoms. The summed E-state index contributed by atoms with van der Waals surface area (Å²) in [5.74, 6) is 0. The summed E-state index contributed by atoms with van der Waals surface area (Å²) in [5, 5.41) is 11.0. The molecule has 0 atom stereocenters. The molecule has 0 aliphatic heterocycles. The molecular formula is C19H23NO2. The maximum Gasteiger partial charge on any atom is 0.404 e. The van der Waals surface area contributed by atoms with Crippen molar-refractivity contribution >= 4 is 6.09 Å². The standard InChI is InChI=1S/C19H23NO2/c1-19(2,3)17-9-7-15(8-10-17)16-6-4-5-14(13-16)11-12-20-18(21)22/h4-10,13,20H,11-12H2,1-3H3,(H,21,22). The maximum atomic E-state index is 10.5. The van der Waals surface area contributed by atoms with Crippen LogP contribution in [0.25, 0.3) is 11.1 Å². The number of nitrogens with one attached hydrogen (secondary N) is 1. The fourth-order valence-electron chi connectivity index (χ4n) is 2.38. The van der Waals surface area contributed by atoms with Crippen molar-refractivity contribution in [2.45, 2.75) is 32.6 Å². The molecule has 2 aromatic rings. The van der Waals surface area contributed by atoms with E-state index in [4.69, 9.17) is 5.11 Å². The molecule has 22 heavy (non-hydrogen) atoms. The van der Waals surface area contributed by atoms with Crippen LogP contribution < -0.4 is 5.32 Å². The van der Waals surface area contributed by atoms with Crippen LogP contribution in [0, 0.1) is 0 Å². The number of carbonyl (C=O) groups is 1. The van der Waals surface area contributed by atoms with Gasteiger partial charge in [0.05, 0.1) is 0 Å². The van der Waals surface area contributed by atoms with Crippen LogP contribution in [0.15, 0.2) is 48.5 Å². The summed E-state index contributed by atoms with van der Waals surface area (Å²) in [6.07, 6.45) is -0.283. The van der Waals surface area contributed by atoms with Gasteiger partial charge in [0.15, 0.2) is 0 Å². The number of benzene rings is 2. The Kier molecular flexibility index (Phi) is 4.86. The average molecular weight is 297 g/mol. The van der Waals surface area contributed by atoms with Gasteiger partial charge in [-0.1, -0.05) is 69.3 Å². The van der Waals surface area contributed by atoms with Gasteiger partial charge in [0.25, 0.3) is 0 Å². The highest BCUT2D eigenvalue weighted by molar-refractivity contribution is 5.65. The minimum absolute atomic E-state index is 0.156. The van der Waals surface area contributed by atoms with Gasteiger partial charge in [-0.25, -0.2) is 4.79 Å². The summed E-state index contributed by atoms with van der Waals surface area (Å²) in [7, 11) is 0. The molecule has 116 valence electrons. The smallest absolute Gasteiger partial charge is 0.404 e. The Morgan fingerprint density at radius 2 is 1.73 bits per heavy atom. The van der Waals surface area contributed by atoms with Crippen LogP contribution in [0.1, 0.15) is 31.9 Å². The van der Waals surface area contributed by atoms with E-state index in [9.17, 15) is 4.79 Å². The number of hydrogen-bond acceptors (Lipinski definition) is 1. The van der Waals surface area contributed by atoms with E-state index in [0.717, 1.165) is 11.1 Å². The van der Waals surface area contributed by atoms with E-state index in [-0.39, 0.29) is 5.41 Å². The fraction of sp³-hybridized carbons (Fsp3) is 0.316. The van der Waals surface area contributed by atoms with Crippen LogP contribution >= 0.6 is 0 Å². The molecule has 0 radical (unpaired) electrons. The van der Waals surface area contributed by atoms with Crippen molar-refractivity contribution in [3.63, 3.8) is 0 Å². The van der Waals surface area contributed by atoms with Gasteiger partial charge in [0, 0.05) is 6.54 Å². The molecule has 0 saturated carbocycles. The van der Waals surface area contributed by atoms with Crippen molar-refractivity contribution in [3.8, 4) is 11.1 Å². The molecule has 1 amide bonds. The number of rotatable bonds is 4. The van der Waals surface area contributed by atoms with Crippen molar-refractivity contribution in [1.82, 2.24) is 5.32 Å². The summed E-state index contributed by atoms with van der Waals surface area (Å²) in [5.41, 5.74) is 4.95. The lowest BCUT2D eigenvalue weighted by molar-refractivity contribution is 0.194. The first kappa shape index (κ1) is 16.1. The normalized spacial score (nSPS) is 11.2. The summed E-state index contributed by atoms with van der Waals surface area (Å²) < 4.78 is 0. The quantitative estimate of drug-likeness (QED) is 0.875. The third-order valence-corrected chi connectivity index (χ3v) is 3.70. The predicted octanol–water partition coefficient (Wildman–Crippen LogP) is 4.46. The largest absolute Gasteiger partial charge is 0.465 e. The molecule has 2 N–H and O–H groups in total. The molecule has 0 unspecified atom stereocenters. The van der Waals surface area contributed by atoms with Gasteiger partial charge in [0.1, 0.15) is 0 Å². The number of amides is 1. The molecule has 0 aliphatic rings. The minimum atomic E-state index is -0.978. The third kappa shape index (κ3) is 4.35. The van der Waals surface area contributed by atoms with E-state index in [2.05, 4.69) is 62.5 Å². The fourth-order valence-corrected chi connectivity index (χ4v) is 2.38. The van der Waals surface area contributed by atoms with Crippen LogP contribution in [-0.2, 0) is 11.8 Å². The molecule has 3 heteroatoms. The van der Waals surface area contributed by atoms with Gasteiger partial charge in [-0.2, -0.15) is 0 Å². The molecule has 0 aromatic heterocycles. The molecule has 2 aromatic carbocycles. The van der Waals surface area contributed by atoms with Gasteiger partial charge < -0.3 is 10.4 Å². The lowest BCUT2D eigenvalue weighted by atomic mass is 9.86. The molecule has 0 fully saturated rings. The Labute approximate surface area is 132 Å². The second-order valence-electron chi connectivity index (χ2n) is 6.51. The maximum absolute atomic E-state index is 10.5. The molecule has 2 rings (SSSR count). The SMILES string of the molecule is CC(C)(C)c1ccc(-c2cccc(CCNC(=O)O)c2)cc1. The van der Waals surface area contributed by atoms with Crippen molar-refractivity contribution in [3.05, 3.63) is 59.7 Å².